The Bertz CT molecular complexity index is 889. The Morgan fingerprint density at radius 3 is 2.61 bits per heavy atom. The number of aryl methyl sites for hydroxylation is 1. The number of carbonyl (C=O) groups is 1. The van der Waals surface area contributed by atoms with Crippen molar-refractivity contribution in [1.29, 1.82) is 0 Å². The van der Waals surface area contributed by atoms with E-state index < -0.39 is 5.97 Å². The molecule has 0 amide bonds. The maximum absolute atomic E-state index is 11.5. The molecular formula is C18H15NO4. The molecule has 3 rings (SSSR count). The van der Waals surface area contributed by atoms with Gasteiger partial charge in [-0.3, -0.25) is 0 Å². The lowest BCUT2D eigenvalue weighted by atomic mass is 10.1. The summed E-state index contributed by atoms with van der Waals surface area (Å²) >= 11 is 0. The van der Waals surface area contributed by atoms with E-state index in [9.17, 15) is 9.90 Å². The van der Waals surface area contributed by atoms with Crippen LogP contribution < -0.4 is 9.47 Å². The second-order valence-electron chi connectivity index (χ2n) is 5.09. The molecule has 0 spiro atoms. The highest BCUT2D eigenvalue weighted by atomic mass is 16.5. The van der Waals surface area contributed by atoms with Gasteiger partial charge in [0.05, 0.1) is 18.2 Å². The summed E-state index contributed by atoms with van der Waals surface area (Å²) in [6.07, 6.45) is 0. The van der Waals surface area contributed by atoms with Gasteiger partial charge in [-0.05, 0) is 30.7 Å². The van der Waals surface area contributed by atoms with E-state index >= 15 is 0 Å². The number of carboxylic acids is 1. The largest absolute Gasteiger partial charge is 0.493 e. The topological polar surface area (TPSA) is 68.7 Å². The minimum Gasteiger partial charge on any atom is -0.493 e. The molecule has 23 heavy (non-hydrogen) atoms. The molecule has 0 aliphatic heterocycles. The first-order valence-electron chi connectivity index (χ1n) is 7.04. The lowest BCUT2D eigenvalue weighted by molar-refractivity contribution is 0.0698. The lowest BCUT2D eigenvalue weighted by Gasteiger charge is -2.11. The smallest absolute Gasteiger partial charge is 0.336 e. The van der Waals surface area contributed by atoms with Gasteiger partial charge in [-0.15, -0.1) is 0 Å². The maximum atomic E-state index is 11.5. The Hall–Kier alpha value is -3.08. The number of aromatic carboxylic acids is 1. The van der Waals surface area contributed by atoms with Crippen molar-refractivity contribution in [3.63, 3.8) is 0 Å². The number of nitrogens with zero attached hydrogens (tertiary/aromatic N) is 1. The van der Waals surface area contributed by atoms with E-state index in [1.165, 1.54) is 6.07 Å². The molecule has 3 aromatic rings. The highest BCUT2D eigenvalue weighted by Gasteiger charge is 2.14. The average molecular weight is 309 g/mol. The zero-order valence-corrected chi connectivity index (χ0v) is 12.7. The molecule has 5 heteroatoms. The molecule has 116 valence electrons. The zero-order valence-electron chi connectivity index (χ0n) is 12.7. The molecule has 0 saturated carbocycles. The minimum atomic E-state index is -1.02. The van der Waals surface area contributed by atoms with Gasteiger partial charge >= 0.3 is 5.97 Å². The van der Waals surface area contributed by atoms with Crippen LogP contribution in [0.4, 0.5) is 0 Å². The number of methoxy groups -OCH3 is 1. The Balaban J connectivity index is 2.09. The fourth-order valence-corrected chi connectivity index (χ4v) is 2.35. The molecule has 0 aliphatic carbocycles. The van der Waals surface area contributed by atoms with E-state index in [2.05, 4.69) is 4.98 Å². The Morgan fingerprint density at radius 2 is 1.87 bits per heavy atom. The second kappa shape index (κ2) is 5.96. The van der Waals surface area contributed by atoms with Crippen molar-refractivity contribution in [3.8, 4) is 17.4 Å². The summed E-state index contributed by atoms with van der Waals surface area (Å²) in [5.41, 5.74) is 1.75. The van der Waals surface area contributed by atoms with Gasteiger partial charge in [-0.25, -0.2) is 9.78 Å². The summed E-state index contributed by atoms with van der Waals surface area (Å²) in [4.78, 5) is 15.8. The number of rotatable bonds is 4. The molecule has 0 bridgehead atoms. The quantitative estimate of drug-likeness (QED) is 0.787. The van der Waals surface area contributed by atoms with Crippen LogP contribution in [0.5, 0.6) is 17.4 Å². The predicted molar refractivity (Wildman–Crippen MR) is 86.5 cm³/mol. The summed E-state index contributed by atoms with van der Waals surface area (Å²) in [6, 6.07) is 14.0. The van der Waals surface area contributed by atoms with E-state index in [0.29, 0.717) is 22.4 Å². The number of pyridine rings is 1. The van der Waals surface area contributed by atoms with Crippen LogP contribution >= 0.6 is 0 Å². The van der Waals surface area contributed by atoms with Crippen LogP contribution in [0, 0.1) is 6.92 Å². The fraction of sp³-hybridized carbons (Fsp3) is 0.111. The molecule has 1 heterocycles. The lowest BCUT2D eigenvalue weighted by Crippen LogP contribution is -2.01. The summed E-state index contributed by atoms with van der Waals surface area (Å²) in [6.45, 7) is 1.95. The van der Waals surface area contributed by atoms with Gasteiger partial charge in [0.25, 0.3) is 0 Å². The third-order valence-corrected chi connectivity index (χ3v) is 3.46. The third kappa shape index (κ3) is 2.94. The molecule has 0 saturated heterocycles. The second-order valence-corrected chi connectivity index (χ2v) is 5.09. The van der Waals surface area contributed by atoms with Gasteiger partial charge < -0.3 is 14.6 Å². The van der Waals surface area contributed by atoms with Crippen LogP contribution in [0.25, 0.3) is 10.9 Å². The molecule has 1 aromatic heterocycles. The number of hydrogen-bond acceptors (Lipinski definition) is 4. The minimum absolute atomic E-state index is 0.150. The van der Waals surface area contributed by atoms with Crippen LogP contribution in [0.15, 0.2) is 48.5 Å². The van der Waals surface area contributed by atoms with Gasteiger partial charge in [0.15, 0.2) is 11.5 Å². The maximum Gasteiger partial charge on any atom is 0.336 e. The highest BCUT2D eigenvalue weighted by Crippen LogP contribution is 2.33. The van der Waals surface area contributed by atoms with Crippen molar-refractivity contribution in [2.24, 2.45) is 0 Å². The van der Waals surface area contributed by atoms with Crippen LogP contribution in [0.1, 0.15) is 15.9 Å². The normalized spacial score (nSPS) is 10.5. The SMILES string of the molecule is COc1cc(C)ccc1Oc1cc(C(=O)O)c2ccccc2n1. The van der Waals surface area contributed by atoms with Crippen molar-refractivity contribution in [3.05, 3.63) is 59.7 Å². The average Bonchev–Trinajstić information content (AvgIpc) is 2.55. The van der Waals surface area contributed by atoms with Gasteiger partial charge in [-0.2, -0.15) is 0 Å². The monoisotopic (exact) mass is 309 g/mol. The van der Waals surface area contributed by atoms with E-state index in [4.69, 9.17) is 9.47 Å². The number of ether oxygens (including phenoxy) is 2. The summed E-state index contributed by atoms with van der Waals surface area (Å²) in [7, 11) is 1.55. The van der Waals surface area contributed by atoms with E-state index in [-0.39, 0.29) is 11.4 Å². The highest BCUT2D eigenvalue weighted by molar-refractivity contribution is 6.02. The molecule has 0 aliphatic rings. The van der Waals surface area contributed by atoms with Crippen LogP contribution in [-0.4, -0.2) is 23.2 Å². The van der Waals surface area contributed by atoms with Crippen LogP contribution in [0.2, 0.25) is 0 Å². The van der Waals surface area contributed by atoms with Crippen molar-refractivity contribution in [2.75, 3.05) is 7.11 Å². The number of aromatic nitrogens is 1. The van der Waals surface area contributed by atoms with E-state index in [0.717, 1.165) is 5.56 Å². The first-order chi connectivity index (χ1) is 11.1. The van der Waals surface area contributed by atoms with E-state index in [1.807, 2.05) is 19.1 Å². The molecule has 0 atom stereocenters. The molecule has 0 unspecified atom stereocenters. The number of fused-ring (bicyclic) bond motifs is 1. The van der Waals surface area contributed by atoms with Crippen molar-refractivity contribution < 1.29 is 19.4 Å². The van der Waals surface area contributed by atoms with Crippen molar-refractivity contribution in [1.82, 2.24) is 4.98 Å². The predicted octanol–water partition coefficient (Wildman–Crippen LogP) is 4.04. The fourth-order valence-electron chi connectivity index (χ4n) is 2.35. The summed E-state index contributed by atoms with van der Waals surface area (Å²) < 4.78 is 11.0. The number of benzene rings is 2. The summed E-state index contributed by atoms with van der Waals surface area (Å²) in [5, 5.41) is 9.97. The molecular weight excluding hydrogens is 294 g/mol. The molecule has 5 nitrogen and oxygen atoms in total. The Kier molecular flexibility index (Phi) is 3.85. The van der Waals surface area contributed by atoms with Gasteiger partial charge in [0.2, 0.25) is 5.88 Å². The number of carboxylic acid groups (broad SMARTS) is 1. The molecule has 0 fully saturated rings. The number of hydrogen-bond donors (Lipinski definition) is 1. The third-order valence-electron chi connectivity index (χ3n) is 3.46. The molecule has 2 aromatic carbocycles. The Labute approximate surface area is 133 Å². The molecule has 1 N–H and O–H groups in total. The first kappa shape index (κ1) is 14.8. The van der Waals surface area contributed by atoms with Crippen molar-refractivity contribution >= 4 is 16.9 Å². The van der Waals surface area contributed by atoms with Crippen LogP contribution in [0.3, 0.4) is 0 Å². The van der Waals surface area contributed by atoms with Gasteiger partial charge in [-0.1, -0.05) is 24.3 Å². The first-order valence-corrected chi connectivity index (χ1v) is 7.04. The van der Waals surface area contributed by atoms with Gasteiger partial charge in [0.1, 0.15) is 0 Å². The van der Waals surface area contributed by atoms with Gasteiger partial charge in [0, 0.05) is 11.5 Å². The zero-order chi connectivity index (χ0) is 16.4. The van der Waals surface area contributed by atoms with Crippen LogP contribution in [-0.2, 0) is 0 Å². The molecule has 0 radical (unpaired) electrons. The Morgan fingerprint density at radius 1 is 1.09 bits per heavy atom. The van der Waals surface area contributed by atoms with Crippen molar-refractivity contribution in [2.45, 2.75) is 6.92 Å². The summed E-state index contributed by atoms with van der Waals surface area (Å²) in [5.74, 6) is 0.238. The van der Waals surface area contributed by atoms with E-state index in [1.54, 1.807) is 37.4 Å². The standard InChI is InChI=1S/C18H15NO4/c1-11-7-8-15(16(9-11)22-2)23-17-10-13(18(20)21)12-5-3-4-6-14(12)19-17/h3-10H,1-2H3,(H,20,21). The number of para-hydroxylation sites is 1.